The van der Waals surface area contributed by atoms with Gasteiger partial charge in [0.15, 0.2) is 0 Å². The smallest absolute Gasteiger partial charge is 0.315 e. The van der Waals surface area contributed by atoms with Crippen LogP contribution >= 0.6 is 0 Å². The van der Waals surface area contributed by atoms with Gasteiger partial charge in [0.25, 0.3) is 0 Å². The molecule has 1 aromatic heterocycles. The molecule has 0 bridgehead atoms. The first kappa shape index (κ1) is 17.4. The summed E-state index contributed by atoms with van der Waals surface area (Å²) in [5.74, 6) is 0.452. The normalized spacial score (nSPS) is 20.4. The average molecular weight is 338 g/mol. The van der Waals surface area contributed by atoms with E-state index < -0.39 is 0 Å². The van der Waals surface area contributed by atoms with E-state index in [0.29, 0.717) is 12.5 Å². The first-order valence-corrected chi connectivity index (χ1v) is 8.90. The lowest BCUT2D eigenvalue weighted by molar-refractivity contribution is 0.234. The van der Waals surface area contributed by atoms with Crippen LogP contribution in [0, 0.1) is 5.92 Å². The molecule has 1 fully saturated rings. The number of nitrogens with zero attached hydrogens (tertiary/aromatic N) is 2. The minimum atomic E-state index is -0.0812. The van der Waals surface area contributed by atoms with Crippen LogP contribution in [0.2, 0.25) is 0 Å². The molecule has 132 valence electrons. The number of rotatable bonds is 6. The van der Waals surface area contributed by atoms with Crippen LogP contribution in [0.4, 0.5) is 4.79 Å². The van der Waals surface area contributed by atoms with Crippen molar-refractivity contribution < 1.29 is 4.79 Å². The number of amides is 2. The zero-order chi connectivity index (χ0) is 17.5. The fraction of sp³-hybridized carbons (Fsp3) is 0.400. The Hall–Kier alpha value is -2.40. The fourth-order valence-electron chi connectivity index (χ4n) is 3.31. The molecule has 2 heterocycles. The van der Waals surface area contributed by atoms with Crippen LogP contribution in [0.1, 0.15) is 18.1 Å². The average Bonchev–Trinajstić information content (AvgIpc) is 2.96. The van der Waals surface area contributed by atoms with Gasteiger partial charge < -0.3 is 10.6 Å². The first-order valence-electron chi connectivity index (χ1n) is 8.90. The standard InChI is InChI=1S/C20H26N4O/c1-16-13-24(14-18-6-3-2-4-7-18)15-19(16)23-20(25)22-11-9-17-8-5-10-21-12-17/h2-8,10,12,16,19H,9,11,13-15H2,1H3,(H2,22,23,25)/t16-,19-/m0/s1. The second-order valence-electron chi connectivity index (χ2n) is 6.77. The van der Waals surface area contributed by atoms with Gasteiger partial charge in [-0.2, -0.15) is 0 Å². The maximum absolute atomic E-state index is 12.1. The van der Waals surface area contributed by atoms with E-state index in [1.54, 1.807) is 6.20 Å². The van der Waals surface area contributed by atoms with Crippen molar-refractivity contribution in [3.63, 3.8) is 0 Å². The SMILES string of the molecule is C[C@H]1CN(Cc2ccccc2)C[C@@H]1NC(=O)NCCc1cccnc1. The molecule has 0 aliphatic carbocycles. The molecule has 5 heteroatoms. The van der Waals surface area contributed by atoms with Crippen molar-refractivity contribution in [2.24, 2.45) is 5.92 Å². The number of hydrogen-bond acceptors (Lipinski definition) is 3. The molecular weight excluding hydrogens is 312 g/mol. The number of carbonyl (C=O) groups is 1. The first-order chi connectivity index (χ1) is 12.2. The molecule has 0 unspecified atom stereocenters. The van der Waals surface area contributed by atoms with Gasteiger partial charge in [0.05, 0.1) is 0 Å². The Morgan fingerprint density at radius 2 is 1.96 bits per heavy atom. The summed E-state index contributed by atoms with van der Waals surface area (Å²) in [5, 5.41) is 6.07. The highest BCUT2D eigenvalue weighted by molar-refractivity contribution is 5.74. The van der Waals surface area contributed by atoms with E-state index in [2.05, 4.69) is 51.7 Å². The van der Waals surface area contributed by atoms with E-state index in [9.17, 15) is 4.79 Å². The Kier molecular flexibility index (Phi) is 6.01. The van der Waals surface area contributed by atoms with Gasteiger partial charge in [-0.1, -0.05) is 43.3 Å². The van der Waals surface area contributed by atoms with Crippen LogP contribution in [0.25, 0.3) is 0 Å². The summed E-state index contributed by atoms with van der Waals surface area (Å²) >= 11 is 0. The third-order valence-electron chi connectivity index (χ3n) is 4.68. The molecule has 5 nitrogen and oxygen atoms in total. The van der Waals surface area contributed by atoms with Gasteiger partial charge in [-0.05, 0) is 29.5 Å². The fourth-order valence-corrected chi connectivity index (χ4v) is 3.31. The molecule has 1 aromatic carbocycles. The van der Waals surface area contributed by atoms with Gasteiger partial charge in [-0.25, -0.2) is 4.79 Å². The summed E-state index contributed by atoms with van der Waals surface area (Å²) in [6.07, 6.45) is 4.38. The summed E-state index contributed by atoms with van der Waals surface area (Å²) in [4.78, 5) is 18.6. The molecule has 2 amide bonds. The number of likely N-dealkylation sites (tertiary alicyclic amines) is 1. The predicted molar refractivity (Wildman–Crippen MR) is 99.1 cm³/mol. The minimum absolute atomic E-state index is 0.0812. The van der Waals surface area contributed by atoms with Crippen LogP contribution in [-0.2, 0) is 13.0 Å². The molecule has 1 saturated heterocycles. The van der Waals surface area contributed by atoms with E-state index in [1.807, 2.05) is 24.4 Å². The minimum Gasteiger partial charge on any atom is -0.338 e. The third kappa shape index (κ3) is 5.29. The van der Waals surface area contributed by atoms with Crippen molar-refractivity contribution in [1.82, 2.24) is 20.5 Å². The zero-order valence-corrected chi connectivity index (χ0v) is 14.7. The van der Waals surface area contributed by atoms with E-state index in [4.69, 9.17) is 0 Å². The lowest BCUT2D eigenvalue weighted by Crippen LogP contribution is -2.45. The monoisotopic (exact) mass is 338 g/mol. The van der Waals surface area contributed by atoms with Crippen molar-refractivity contribution in [3.8, 4) is 0 Å². The van der Waals surface area contributed by atoms with Crippen molar-refractivity contribution in [3.05, 3.63) is 66.0 Å². The number of benzene rings is 1. The molecule has 2 atom stereocenters. The number of carbonyl (C=O) groups excluding carboxylic acids is 1. The van der Waals surface area contributed by atoms with Crippen LogP contribution < -0.4 is 10.6 Å². The highest BCUT2D eigenvalue weighted by Gasteiger charge is 2.30. The Balaban J connectivity index is 1.40. The largest absolute Gasteiger partial charge is 0.338 e. The molecule has 2 N–H and O–H groups in total. The topological polar surface area (TPSA) is 57.3 Å². The third-order valence-corrected chi connectivity index (χ3v) is 4.68. The lowest BCUT2D eigenvalue weighted by Gasteiger charge is -2.18. The summed E-state index contributed by atoms with van der Waals surface area (Å²) in [5.41, 5.74) is 2.45. The number of urea groups is 1. The van der Waals surface area contributed by atoms with E-state index in [0.717, 1.165) is 31.6 Å². The molecule has 3 rings (SSSR count). The summed E-state index contributed by atoms with van der Waals surface area (Å²) < 4.78 is 0. The van der Waals surface area contributed by atoms with Gasteiger partial charge in [-0.3, -0.25) is 9.88 Å². The maximum Gasteiger partial charge on any atom is 0.315 e. The van der Waals surface area contributed by atoms with E-state index >= 15 is 0 Å². The summed E-state index contributed by atoms with van der Waals surface area (Å²) in [6, 6.07) is 14.5. The van der Waals surface area contributed by atoms with Gasteiger partial charge in [0, 0.05) is 44.6 Å². The Labute approximate surface area is 149 Å². The zero-order valence-electron chi connectivity index (χ0n) is 14.7. The van der Waals surface area contributed by atoms with Crippen LogP contribution in [-0.4, -0.2) is 41.6 Å². The second-order valence-corrected chi connectivity index (χ2v) is 6.77. The van der Waals surface area contributed by atoms with Crippen molar-refractivity contribution in [2.75, 3.05) is 19.6 Å². The highest BCUT2D eigenvalue weighted by atomic mass is 16.2. The summed E-state index contributed by atoms with van der Waals surface area (Å²) in [6.45, 7) is 5.66. The number of nitrogens with one attached hydrogen (secondary N) is 2. The van der Waals surface area contributed by atoms with Crippen LogP contribution in [0.15, 0.2) is 54.9 Å². The van der Waals surface area contributed by atoms with Gasteiger partial charge in [0.2, 0.25) is 0 Å². The quantitative estimate of drug-likeness (QED) is 0.851. The van der Waals surface area contributed by atoms with Crippen molar-refractivity contribution in [1.29, 1.82) is 0 Å². The molecule has 1 aliphatic heterocycles. The highest BCUT2D eigenvalue weighted by Crippen LogP contribution is 2.18. The van der Waals surface area contributed by atoms with E-state index in [1.165, 1.54) is 5.56 Å². The Morgan fingerprint density at radius 1 is 1.16 bits per heavy atom. The maximum atomic E-state index is 12.1. The lowest BCUT2D eigenvalue weighted by atomic mass is 10.1. The molecule has 0 spiro atoms. The molecule has 25 heavy (non-hydrogen) atoms. The molecule has 0 radical (unpaired) electrons. The van der Waals surface area contributed by atoms with Gasteiger partial charge >= 0.3 is 6.03 Å². The van der Waals surface area contributed by atoms with Crippen LogP contribution in [0.5, 0.6) is 0 Å². The Bertz CT molecular complexity index is 662. The summed E-state index contributed by atoms with van der Waals surface area (Å²) in [7, 11) is 0. The molecule has 2 aromatic rings. The number of aromatic nitrogens is 1. The van der Waals surface area contributed by atoms with Crippen LogP contribution in [0.3, 0.4) is 0 Å². The number of pyridine rings is 1. The van der Waals surface area contributed by atoms with Crippen molar-refractivity contribution >= 4 is 6.03 Å². The van der Waals surface area contributed by atoms with Gasteiger partial charge in [-0.15, -0.1) is 0 Å². The second kappa shape index (κ2) is 8.62. The van der Waals surface area contributed by atoms with Gasteiger partial charge in [0.1, 0.15) is 0 Å². The Morgan fingerprint density at radius 3 is 2.72 bits per heavy atom. The predicted octanol–water partition coefficient (Wildman–Crippen LogP) is 2.44. The van der Waals surface area contributed by atoms with E-state index in [-0.39, 0.29) is 12.1 Å². The molecular formula is C20H26N4O. The molecule has 1 aliphatic rings. The van der Waals surface area contributed by atoms with Crippen molar-refractivity contribution in [2.45, 2.75) is 25.9 Å². The number of hydrogen-bond donors (Lipinski definition) is 2. The molecule has 0 saturated carbocycles.